The minimum absolute atomic E-state index is 0.138. The number of halogens is 1. The summed E-state index contributed by atoms with van der Waals surface area (Å²) in [6, 6.07) is 5.40. The highest BCUT2D eigenvalue weighted by Gasteiger charge is 2.25. The van der Waals surface area contributed by atoms with Crippen molar-refractivity contribution in [3.63, 3.8) is 0 Å². The maximum absolute atomic E-state index is 13.5. The third-order valence-corrected chi connectivity index (χ3v) is 5.70. The second kappa shape index (κ2) is 6.58. The van der Waals surface area contributed by atoms with Gasteiger partial charge in [0.25, 0.3) is 0 Å². The van der Waals surface area contributed by atoms with E-state index in [0.29, 0.717) is 0 Å². The van der Waals surface area contributed by atoms with Crippen molar-refractivity contribution in [1.29, 1.82) is 0 Å². The maximum atomic E-state index is 13.5. The molecular formula is C12H18FNO3S2. The molecule has 0 aliphatic rings. The first-order chi connectivity index (χ1) is 8.74. The Labute approximate surface area is 116 Å². The summed E-state index contributed by atoms with van der Waals surface area (Å²) >= 11 is 0. The van der Waals surface area contributed by atoms with Gasteiger partial charge in [0.05, 0.1) is 5.75 Å². The van der Waals surface area contributed by atoms with Gasteiger partial charge >= 0.3 is 0 Å². The molecule has 19 heavy (non-hydrogen) atoms. The van der Waals surface area contributed by atoms with Gasteiger partial charge in [-0.25, -0.2) is 17.1 Å². The second-order valence-electron chi connectivity index (χ2n) is 4.45. The summed E-state index contributed by atoms with van der Waals surface area (Å²) < 4.78 is 50.0. The Balaban J connectivity index is 2.87. The average Bonchev–Trinajstić information content (AvgIpc) is 2.30. The molecule has 0 fully saturated rings. The number of benzene rings is 1. The van der Waals surface area contributed by atoms with Gasteiger partial charge < -0.3 is 0 Å². The van der Waals surface area contributed by atoms with E-state index in [1.54, 1.807) is 13.0 Å². The molecular weight excluding hydrogens is 289 g/mol. The topological polar surface area (TPSA) is 54.5 Å². The highest BCUT2D eigenvalue weighted by Crippen LogP contribution is 2.15. The smallest absolute Gasteiger partial charge is 0.218 e. The van der Waals surface area contributed by atoms with Gasteiger partial charge in [-0.05, 0) is 13.0 Å². The van der Waals surface area contributed by atoms with Gasteiger partial charge in [-0.1, -0.05) is 18.2 Å². The first-order valence-electron chi connectivity index (χ1n) is 5.73. The molecule has 0 aliphatic heterocycles. The Morgan fingerprint density at radius 1 is 1.37 bits per heavy atom. The van der Waals surface area contributed by atoms with E-state index in [4.69, 9.17) is 0 Å². The number of nitrogens with zero attached hydrogens (tertiary/aromatic N) is 1. The van der Waals surface area contributed by atoms with Crippen LogP contribution >= 0.6 is 0 Å². The lowest BCUT2D eigenvalue weighted by molar-refractivity contribution is 0.412. The molecule has 0 saturated carbocycles. The fraction of sp³-hybridized carbons (Fsp3) is 0.500. The Hall–Kier alpha value is -0.790. The fourth-order valence-corrected chi connectivity index (χ4v) is 4.08. The van der Waals surface area contributed by atoms with Gasteiger partial charge in [-0.15, -0.1) is 0 Å². The molecule has 0 spiro atoms. The number of hydrogen-bond acceptors (Lipinski definition) is 3. The minimum atomic E-state index is -3.62. The summed E-state index contributed by atoms with van der Waals surface area (Å²) in [5.74, 6) is -0.671. The highest BCUT2D eigenvalue weighted by atomic mass is 32.2. The average molecular weight is 307 g/mol. The van der Waals surface area contributed by atoms with E-state index in [2.05, 4.69) is 0 Å². The molecule has 0 bridgehead atoms. The molecule has 0 radical (unpaired) electrons. The van der Waals surface area contributed by atoms with Crippen LogP contribution in [0.25, 0.3) is 0 Å². The maximum Gasteiger partial charge on any atom is 0.218 e. The van der Waals surface area contributed by atoms with E-state index < -0.39 is 32.4 Å². The van der Waals surface area contributed by atoms with E-state index in [1.807, 2.05) is 0 Å². The molecule has 0 aliphatic carbocycles. The lowest BCUT2D eigenvalue weighted by Crippen LogP contribution is -2.39. The van der Waals surface area contributed by atoms with E-state index >= 15 is 0 Å². The van der Waals surface area contributed by atoms with Crippen LogP contribution in [0.4, 0.5) is 4.39 Å². The van der Waals surface area contributed by atoms with Crippen LogP contribution < -0.4 is 0 Å². The molecule has 1 aromatic carbocycles. The standard InChI is InChI=1S/C12H18FNO3S2/c1-10(8-18(3)15)14(2)19(16,17)9-11-6-4-5-7-12(11)13/h4-7,10H,8-9H2,1-3H3/t10-,18-/m1/s1. The van der Waals surface area contributed by atoms with Gasteiger partial charge in [0.15, 0.2) is 0 Å². The van der Waals surface area contributed by atoms with Crippen LogP contribution in [0.3, 0.4) is 0 Å². The van der Waals surface area contributed by atoms with E-state index in [9.17, 15) is 17.0 Å². The van der Waals surface area contributed by atoms with E-state index in [1.165, 1.54) is 31.5 Å². The molecule has 7 heteroatoms. The second-order valence-corrected chi connectivity index (χ2v) is 7.96. The zero-order valence-electron chi connectivity index (χ0n) is 11.2. The van der Waals surface area contributed by atoms with Crippen molar-refractivity contribution < 1.29 is 17.0 Å². The summed E-state index contributed by atoms with van der Waals surface area (Å²) in [7, 11) is -3.28. The molecule has 1 aromatic rings. The summed E-state index contributed by atoms with van der Waals surface area (Å²) in [6.07, 6.45) is 1.52. The third kappa shape index (κ3) is 4.67. The van der Waals surface area contributed by atoms with E-state index in [-0.39, 0.29) is 17.4 Å². The zero-order chi connectivity index (χ0) is 14.6. The molecule has 0 heterocycles. The van der Waals surface area contributed by atoms with Gasteiger partial charge in [0.2, 0.25) is 10.0 Å². The summed E-state index contributed by atoms with van der Waals surface area (Å²) in [4.78, 5) is 0. The third-order valence-electron chi connectivity index (χ3n) is 2.83. The SMILES string of the molecule is C[C@H](C[S@@](C)=O)N(C)S(=O)(=O)Cc1ccccc1F. The molecule has 4 nitrogen and oxygen atoms in total. The number of hydrogen-bond donors (Lipinski definition) is 0. The molecule has 0 unspecified atom stereocenters. The summed E-state index contributed by atoms with van der Waals surface area (Å²) in [5.41, 5.74) is 0.138. The van der Waals surface area contributed by atoms with Crippen molar-refractivity contribution in [3.05, 3.63) is 35.6 Å². The van der Waals surface area contributed by atoms with Crippen LogP contribution in [0.15, 0.2) is 24.3 Å². The fourth-order valence-electron chi connectivity index (χ4n) is 1.63. The quantitative estimate of drug-likeness (QED) is 0.797. The van der Waals surface area contributed by atoms with Crippen molar-refractivity contribution in [2.45, 2.75) is 18.7 Å². The van der Waals surface area contributed by atoms with Crippen molar-refractivity contribution >= 4 is 20.8 Å². The van der Waals surface area contributed by atoms with Crippen LogP contribution in [-0.4, -0.2) is 42.0 Å². The molecule has 0 amide bonds. The number of sulfonamides is 1. The lowest BCUT2D eigenvalue weighted by atomic mass is 10.2. The van der Waals surface area contributed by atoms with Crippen molar-refractivity contribution in [1.82, 2.24) is 4.31 Å². The Morgan fingerprint density at radius 2 is 1.95 bits per heavy atom. The van der Waals surface area contributed by atoms with E-state index in [0.717, 1.165) is 4.31 Å². The van der Waals surface area contributed by atoms with Crippen molar-refractivity contribution in [2.75, 3.05) is 19.1 Å². The highest BCUT2D eigenvalue weighted by molar-refractivity contribution is 7.88. The summed E-state index contributed by atoms with van der Waals surface area (Å²) in [5, 5.41) is 0. The van der Waals surface area contributed by atoms with Crippen LogP contribution in [0.1, 0.15) is 12.5 Å². The molecule has 1 rings (SSSR count). The molecule has 0 N–H and O–H groups in total. The Bertz CT molecular complexity index is 560. The van der Waals surface area contributed by atoms with Crippen LogP contribution in [0, 0.1) is 5.82 Å². The first kappa shape index (κ1) is 16.3. The number of rotatable bonds is 6. The monoisotopic (exact) mass is 307 g/mol. The van der Waals surface area contributed by atoms with Gasteiger partial charge in [0.1, 0.15) is 5.82 Å². The molecule has 108 valence electrons. The van der Waals surface area contributed by atoms with Gasteiger partial charge in [-0.3, -0.25) is 4.21 Å². The van der Waals surface area contributed by atoms with Crippen LogP contribution in [0.2, 0.25) is 0 Å². The Kier molecular flexibility index (Phi) is 5.64. The predicted octanol–water partition coefficient (Wildman–Crippen LogP) is 1.35. The van der Waals surface area contributed by atoms with Crippen molar-refractivity contribution in [3.8, 4) is 0 Å². The largest absolute Gasteiger partial charge is 0.260 e. The van der Waals surface area contributed by atoms with Crippen LogP contribution in [-0.2, 0) is 26.6 Å². The normalized spacial score (nSPS) is 15.4. The Morgan fingerprint density at radius 3 is 2.47 bits per heavy atom. The first-order valence-corrected chi connectivity index (χ1v) is 9.07. The molecule has 0 aromatic heterocycles. The summed E-state index contributed by atoms with van der Waals surface area (Å²) in [6.45, 7) is 1.68. The molecule has 2 atom stereocenters. The van der Waals surface area contributed by atoms with Crippen molar-refractivity contribution in [2.24, 2.45) is 0 Å². The van der Waals surface area contributed by atoms with Gasteiger partial charge in [-0.2, -0.15) is 0 Å². The zero-order valence-corrected chi connectivity index (χ0v) is 12.8. The molecule has 0 saturated heterocycles. The minimum Gasteiger partial charge on any atom is -0.260 e. The van der Waals surface area contributed by atoms with Gasteiger partial charge in [0, 0.05) is 41.5 Å². The van der Waals surface area contributed by atoms with Crippen LogP contribution in [0.5, 0.6) is 0 Å². The predicted molar refractivity (Wildman–Crippen MR) is 75.2 cm³/mol. The lowest BCUT2D eigenvalue weighted by Gasteiger charge is -2.23.